The Balaban J connectivity index is 1.99. The van der Waals surface area contributed by atoms with Crippen molar-refractivity contribution in [2.75, 3.05) is 0 Å². The summed E-state index contributed by atoms with van der Waals surface area (Å²) in [5, 5.41) is 14.9. The van der Waals surface area contributed by atoms with Crippen LogP contribution in [0.25, 0.3) is 22.2 Å². The summed E-state index contributed by atoms with van der Waals surface area (Å²) in [6.07, 6.45) is -4.44. The van der Waals surface area contributed by atoms with Crippen molar-refractivity contribution in [1.29, 1.82) is 0 Å². The molecule has 3 aromatic rings. The highest BCUT2D eigenvalue weighted by atomic mass is 32.1. The van der Waals surface area contributed by atoms with Crippen LogP contribution in [-0.2, 0) is 6.18 Å². The summed E-state index contributed by atoms with van der Waals surface area (Å²) >= 11 is 1.19. The first-order chi connectivity index (χ1) is 9.95. The average Bonchev–Trinajstić information content (AvgIpc) is 3.06. The van der Waals surface area contributed by atoms with E-state index in [2.05, 4.69) is 10.1 Å². The van der Waals surface area contributed by atoms with Gasteiger partial charge in [-0.2, -0.15) is 18.2 Å². The van der Waals surface area contributed by atoms with E-state index >= 15 is 0 Å². The molecule has 108 valence electrons. The average molecular weight is 312 g/mol. The number of nitrogens with zero attached hydrogens (tertiary/aromatic N) is 2. The molecule has 0 amide bonds. The molecule has 0 aliphatic carbocycles. The molecule has 8 heteroatoms. The van der Waals surface area contributed by atoms with Crippen LogP contribution in [0, 0.1) is 0 Å². The number of alkyl halides is 3. The van der Waals surface area contributed by atoms with Gasteiger partial charge in [-0.05, 0) is 23.6 Å². The maximum absolute atomic E-state index is 12.7. The number of halogens is 3. The van der Waals surface area contributed by atoms with Gasteiger partial charge in [-0.3, -0.25) is 0 Å². The molecule has 21 heavy (non-hydrogen) atoms. The Hall–Kier alpha value is -2.35. The molecule has 1 N–H and O–H groups in total. The molecule has 0 spiro atoms. The zero-order valence-electron chi connectivity index (χ0n) is 10.3. The van der Waals surface area contributed by atoms with Gasteiger partial charge in [0.2, 0.25) is 5.82 Å². The summed E-state index contributed by atoms with van der Waals surface area (Å²) in [5.74, 6) is 0.0815. The molecule has 0 aliphatic heterocycles. The van der Waals surface area contributed by atoms with Gasteiger partial charge in [0.15, 0.2) is 0 Å². The second-order valence-corrected chi connectivity index (χ2v) is 5.05. The number of benzene rings is 1. The summed E-state index contributed by atoms with van der Waals surface area (Å²) in [7, 11) is 0. The summed E-state index contributed by atoms with van der Waals surface area (Å²) in [4.78, 5) is 4.39. The molecule has 0 radical (unpaired) electrons. The minimum absolute atomic E-state index is 0.0146. The number of hydrogen-bond donors (Lipinski definition) is 1. The van der Waals surface area contributed by atoms with Crippen molar-refractivity contribution in [2.24, 2.45) is 0 Å². The van der Waals surface area contributed by atoms with Crippen LogP contribution < -0.4 is 0 Å². The van der Waals surface area contributed by atoms with Crippen LogP contribution in [0.1, 0.15) is 5.56 Å². The topological polar surface area (TPSA) is 59.2 Å². The molecule has 0 unspecified atom stereocenters. The van der Waals surface area contributed by atoms with Gasteiger partial charge in [-0.25, -0.2) is 0 Å². The Morgan fingerprint density at radius 2 is 2.00 bits per heavy atom. The standard InChI is InChI=1S/C13H7F3N2O2S/c14-13(15,16)8-3-1-2-7(6-8)11-17-12(20-18-11)10-9(19)4-5-21-10/h1-6,19H. The Morgan fingerprint density at radius 3 is 2.67 bits per heavy atom. The van der Waals surface area contributed by atoms with Gasteiger partial charge < -0.3 is 9.63 Å². The first-order valence-corrected chi connectivity index (χ1v) is 6.61. The quantitative estimate of drug-likeness (QED) is 0.771. The number of rotatable bonds is 2. The van der Waals surface area contributed by atoms with Crippen molar-refractivity contribution in [3.8, 4) is 27.9 Å². The predicted octanol–water partition coefficient (Wildman–Crippen LogP) is 4.19. The lowest BCUT2D eigenvalue weighted by atomic mass is 10.1. The zero-order chi connectivity index (χ0) is 15.0. The Bertz CT molecular complexity index is 780. The van der Waals surface area contributed by atoms with Crippen LogP contribution in [0.4, 0.5) is 13.2 Å². The smallest absolute Gasteiger partial charge is 0.416 e. The first kappa shape index (κ1) is 13.6. The summed E-state index contributed by atoms with van der Waals surface area (Å²) in [6, 6.07) is 6.11. The molecule has 4 nitrogen and oxygen atoms in total. The van der Waals surface area contributed by atoms with Gasteiger partial charge in [0.05, 0.1) is 5.56 Å². The van der Waals surface area contributed by atoms with E-state index in [4.69, 9.17) is 4.52 Å². The molecular formula is C13H7F3N2O2S. The van der Waals surface area contributed by atoms with Crippen molar-refractivity contribution in [3.63, 3.8) is 0 Å². The van der Waals surface area contributed by atoms with Crippen LogP contribution in [-0.4, -0.2) is 15.2 Å². The third kappa shape index (κ3) is 2.62. The van der Waals surface area contributed by atoms with Crippen LogP contribution in [0.15, 0.2) is 40.2 Å². The summed E-state index contributed by atoms with van der Waals surface area (Å²) < 4.78 is 43.0. The van der Waals surface area contributed by atoms with Crippen molar-refractivity contribution in [1.82, 2.24) is 10.1 Å². The summed E-state index contributed by atoms with van der Waals surface area (Å²) in [5.41, 5.74) is -0.596. The molecule has 0 saturated carbocycles. The maximum Gasteiger partial charge on any atom is 0.416 e. The van der Waals surface area contributed by atoms with Gasteiger partial charge in [0, 0.05) is 5.56 Å². The third-order valence-corrected chi connectivity index (χ3v) is 3.60. The van der Waals surface area contributed by atoms with Crippen molar-refractivity contribution >= 4 is 11.3 Å². The second-order valence-electron chi connectivity index (χ2n) is 4.14. The SMILES string of the molecule is Oc1ccsc1-c1nc(-c2cccc(C(F)(F)F)c2)no1. The monoisotopic (exact) mass is 312 g/mol. The van der Waals surface area contributed by atoms with Gasteiger partial charge in [-0.1, -0.05) is 17.3 Å². The molecule has 0 bridgehead atoms. The highest BCUT2D eigenvalue weighted by Gasteiger charge is 2.30. The predicted molar refractivity (Wildman–Crippen MR) is 69.7 cm³/mol. The van der Waals surface area contributed by atoms with Gasteiger partial charge >= 0.3 is 6.18 Å². The molecule has 2 aromatic heterocycles. The number of thiophene rings is 1. The van der Waals surface area contributed by atoms with E-state index in [0.29, 0.717) is 4.88 Å². The maximum atomic E-state index is 12.7. The van der Waals surface area contributed by atoms with Gasteiger partial charge in [0.1, 0.15) is 10.6 Å². The van der Waals surface area contributed by atoms with Crippen LogP contribution in [0.5, 0.6) is 5.75 Å². The fraction of sp³-hybridized carbons (Fsp3) is 0.0769. The Morgan fingerprint density at radius 1 is 1.19 bits per heavy atom. The largest absolute Gasteiger partial charge is 0.506 e. The highest BCUT2D eigenvalue weighted by molar-refractivity contribution is 7.13. The van der Waals surface area contributed by atoms with Crippen molar-refractivity contribution in [2.45, 2.75) is 6.18 Å². The van der Waals surface area contributed by atoms with E-state index in [-0.39, 0.29) is 23.0 Å². The molecular weight excluding hydrogens is 305 g/mol. The highest BCUT2D eigenvalue weighted by Crippen LogP contribution is 2.35. The number of aromatic nitrogens is 2. The number of hydrogen-bond acceptors (Lipinski definition) is 5. The van der Waals surface area contributed by atoms with E-state index in [9.17, 15) is 18.3 Å². The fourth-order valence-electron chi connectivity index (χ4n) is 1.73. The van der Waals surface area contributed by atoms with Crippen LogP contribution in [0.2, 0.25) is 0 Å². The Labute approximate surface area is 120 Å². The van der Waals surface area contributed by atoms with Gasteiger partial charge in [-0.15, -0.1) is 11.3 Å². The minimum Gasteiger partial charge on any atom is -0.506 e. The number of aromatic hydroxyl groups is 1. The van der Waals surface area contributed by atoms with Gasteiger partial charge in [0.25, 0.3) is 5.89 Å². The zero-order valence-corrected chi connectivity index (χ0v) is 11.1. The van der Waals surface area contributed by atoms with E-state index < -0.39 is 11.7 Å². The van der Waals surface area contributed by atoms with E-state index in [1.165, 1.54) is 29.5 Å². The first-order valence-electron chi connectivity index (χ1n) is 5.73. The third-order valence-electron chi connectivity index (χ3n) is 2.71. The lowest BCUT2D eigenvalue weighted by Gasteiger charge is -2.06. The molecule has 1 aromatic carbocycles. The van der Waals surface area contributed by atoms with Crippen LogP contribution >= 0.6 is 11.3 Å². The minimum atomic E-state index is -4.44. The normalized spacial score (nSPS) is 11.8. The van der Waals surface area contributed by atoms with E-state index in [1.807, 2.05) is 0 Å². The molecule has 2 heterocycles. The lowest BCUT2D eigenvalue weighted by Crippen LogP contribution is -2.04. The second kappa shape index (κ2) is 4.88. The fourth-order valence-corrected chi connectivity index (χ4v) is 2.44. The summed E-state index contributed by atoms with van der Waals surface area (Å²) in [6.45, 7) is 0. The molecule has 0 saturated heterocycles. The molecule has 3 rings (SSSR count). The molecule has 0 atom stereocenters. The lowest BCUT2D eigenvalue weighted by molar-refractivity contribution is -0.137. The van der Waals surface area contributed by atoms with E-state index in [0.717, 1.165) is 12.1 Å². The van der Waals surface area contributed by atoms with Crippen molar-refractivity contribution < 1.29 is 22.8 Å². The van der Waals surface area contributed by atoms with Crippen molar-refractivity contribution in [3.05, 3.63) is 41.3 Å². The molecule has 0 fully saturated rings. The van der Waals surface area contributed by atoms with E-state index in [1.54, 1.807) is 5.38 Å². The van der Waals surface area contributed by atoms with Crippen LogP contribution in [0.3, 0.4) is 0 Å². The Kier molecular flexibility index (Phi) is 3.17. The molecule has 0 aliphatic rings.